The second-order valence-corrected chi connectivity index (χ2v) is 9.38. The van der Waals surface area contributed by atoms with Gasteiger partial charge in [0.2, 0.25) is 5.91 Å². The molecule has 29 heavy (non-hydrogen) atoms. The van der Waals surface area contributed by atoms with Crippen LogP contribution in [-0.4, -0.2) is 65.8 Å². The molecular weight excluding hydrogens is 402 g/mol. The molecule has 1 unspecified atom stereocenters. The van der Waals surface area contributed by atoms with Crippen molar-refractivity contribution in [3.63, 3.8) is 0 Å². The van der Waals surface area contributed by atoms with Crippen LogP contribution in [0.1, 0.15) is 27.2 Å². The molecule has 2 heterocycles. The molecule has 3 rings (SSSR count). The van der Waals surface area contributed by atoms with Crippen molar-refractivity contribution in [3.05, 3.63) is 57.8 Å². The summed E-state index contributed by atoms with van der Waals surface area (Å²) in [5.74, 6) is 0.698. The van der Waals surface area contributed by atoms with E-state index in [1.165, 1.54) is 4.88 Å². The van der Waals surface area contributed by atoms with Crippen LogP contribution in [0.5, 0.6) is 0 Å². The van der Waals surface area contributed by atoms with Crippen molar-refractivity contribution in [1.82, 2.24) is 15.1 Å². The molecule has 7 heteroatoms. The lowest BCUT2D eigenvalue weighted by Gasteiger charge is -2.36. The largest absolute Gasteiger partial charge is 0.340 e. The van der Waals surface area contributed by atoms with Gasteiger partial charge in [0.05, 0.1) is 0 Å². The SMILES string of the molecule is CSCCC(NC(=O)c1cccc(C)c1)C(=O)N1CCN(Cc2cccs2)CC1. The zero-order valence-electron chi connectivity index (χ0n) is 17.1. The predicted molar refractivity (Wildman–Crippen MR) is 122 cm³/mol. The Bertz CT molecular complexity index is 802. The topological polar surface area (TPSA) is 52.7 Å². The number of benzene rings is 1. The molecule has 1 atom stereocenters. The van der Waals surface area contributed by atoms with Crippen LogP contribution in [-0.2, 0) is 11.3 Å². The van der Waals surface area contributed by atoms with Gasteiger partial charge in [-0.2, -0.15) is 11.8 Å². The summed E-state index contributed by atoms with van der Waals surface area (Å²) < 4.78 is 0. The number of carbonyl (C=O) groups excluding carboxylic acids is 2. The molecule has 156 valence electrons. The van der Waals surface area contributed by atoms with Gasteiger partial charge in [-0.15, -0.1) is 11.3 Å². The third-order valence-electron chi connectivity index (χ3n) is 5.14. The first-order valence-electron chi connectivity index (χ1n) is 9.97. The van der Waals surface area contributed by atoms with Crippen LogP contribution in [0.25, 0.3) is 0 Å². The van der Waals surface area contributed by atoms with Gasteiger partial charge >= 0.3 is 0 Å². The molecule has 2 aromatic rings. The zero-order valence-corrected chi connectivity index (χ0v) is 18.7. The molecule has 1 fully saturated rings. The fourth-order valence-corrected chi connectivity index (χ4v) is 4.71. The molecule has 1 N–H and O–H groups in total. The molecular formula is C22H29N3O2S2. The van der Waals surface area contributed by atoms with Gasteiger partial charge in [-0.25, -0.2) is 0 Å². The van der Waals surface area contributed by atoms with E-state index >= 15 is 0 Å². The van der Waals surface area contributed by atoms with Gasteiger partial charge in [0.25, 0.3) is 5.91 Å². The number of aryl methyl sites for hydroxylation is 1. The van der Waals surface area contributed by atoms with E-state index in [9.17, 15) is 9.59 Å². The fraction of sp³-hybridized carbons (Fsp3) is 0.455. The molecule has 0 radical (unpaired) electrons. The fourth-order valence-electron chi connectivity index (χ4n) is 3.49. The normalized spacial score (nSPS) is 15.9. The van der Waals surface area contributed by atoms with Crippen molar-refractivity contribution in [2.24, 2.45) is 0 Å². The second kappa shape index (κ2) is 10.8. The van der Waals surface area contributed by atoms with E-state index in [0.717, 1.165) is 31.0 Å². The maximum Gasteiger partial charge on any atom is 0.251 e. The highest BCUT2D eigenvalue weighted by Crippen LogP contribution is 2.15. The number of amides is 2. The number of piperazine rings is 1. The van der Waals surface area contributed by atoms with Gasteiger partial charge in [-0.3, -0.25) is 14.5 Å². The summed E-state index contributed by atoms with van der Waals surface area (Å²) in [5, 5.41) is 5.08. The lowest BCUT2D eigenvalue weighted by atomic mass is 10.1. The number of thioether (sulfide) groups is 1. The predicted octanol–water partition coefficient (Wildman–Crippen LogP) is 3.25. The third kappa shape index (κ3) is 6.32. The van der Waals surface area contributed by atoms with E-state index in [1.54, 1.807) is 29.2 Å². The quantitative estimate of drug-likeness (QED) is 0.697. The summed E-state index contributed by atoms with van der Waals surface area (Å²) in [4.78, 5) is 31.5. The summed E-state index contributed by atoms with van der Waals surface area (Å²) in [6.07, 6.45) is 2.67. The molecule has 5 nitrogen and oxygen atoms in total. The third-order valence-corrected chi connectivity index (χ3v) is 6.64. The van der Waals surface area contributed by atoms with Crippen molar-refractivity contribution < 1.29 is 9.59 Å². The Balaban J connectivity index is 1.58. The first-order chi connectivity index (χ1) is 14.1. The van der Waals surface area contributed by atoms with Crippen molar-refractivity contribution in [3.8, 4) is 0 Å². The van der Waals surface area contributed by atoms with E-state index in [1.807, 2.05) is 36.3 Å². The van der Waals surface area contributed by atoms with Crippen molar-refractivity contribution in [2.45, 2.75) is 25.9 Å². The van der Waals surface area contributed by atoms with E-state index < -0.39 is 6.04 Å². The van der Waals surface area contributed by atoms with Gasteiger partial charge in [0, 0.05) is 43.2 Å². The van der Waals surface area contributed by atoms with Crippen molar-refractivity contribution >= 4 is 34.9 Å². The Labute approximate surface area is 181 Å². The van der Waals surface area contributed by atoms with Crippen LogP contribution in [0.15, 0.2) is 41.8 Å². The van der Waals surface area contributed by atoms with Crippen LogP contribution >= 0.6 is 23.1 Å². The monoisotopic (exact) mass is 431 g/mol. The number of nitrogens with zero attached hydrogens (tertiary/aromatic N) is 2. The number of hydrogen-bond acceptors (Lipinski definition) is 5. The summed E-state index contributed by atoms with van der Waals surface area (Å²) in [7, 11) is 0. The minimum absolute atomic E-state index is 0.0378. The van der Waals surface area contributed by atoms with E-state index in [4.69, 9.17) is 0 Å². The average Bonchev–Trinajstić information content (AvgIpc) is 3.24. The summed E-state index contributed by atoms with van der Waals surface area (Å²) in [6.45, 7) is 6.05. The van der Waals surface area contributed by atoms with Crippen LogP contribution in [0.2, 0.25) is 0 Å². The molecule has 0 spiro atoms. The zero-order chi connectivity index (χ0) is 20.6. The molecule has 1 aliphatic rings. The van der Waals surface area contributed by atoms with Crippen LogP contribution in [0.4, 0.5) is 0 Å². The number of carbonyl (C=O) groups is 2. The number of rotatable bonds is 8. The van der Waals surface area contributed by atoms with Gasteiger partial charge in [-0.1, -0.05) is 23.8 Å². The van der Waals surface area contributed by atoms with Crippen LogP contribution in [0, 0.1) is 6.92 Å². The van der Waals surface area contributed by atoms with Crippen LogP contribution in [0.3, 0.4) is 0 Å². The molecule has 1 saturated heterocycles. The molecule has 0 bridgehead atoms. The van der Waals surface area contributed by atoms with Crippen molar-refractivity contribution in [1.29, 1.82) is 0 Å². The standard InChI is InChI=1S/C22H29N3O2S2/c1-17-5-3-6-18(15-17)21(26)23-20(8-14-28-2)22(27)25-11-9-24(10-12-25)16-19-7-4-13-29-19/h3-7,13,15,20H,8-12,14,16H2,1-2H3,(H,23,26). The summed E-state index contributed by atoms with van der Waals surface area (Å²) in [6, 6.07) is 11.2. The van der Waals surface area contributed by atoms with E-state index in [0.29, 0.717) is 25.1 Å². The van der Waals surface area contributed by atoms with Gasteiger partial charge in [-0.05, 0) is 48.9 Å². The highest BCUT2D eigenvalue weighted by molar-refractivity contribution is 7.98. The average molecular weight is 432 g/mol. The minimum Gasteiger partial charge on any atom is -0.340 e. The van der Waals surface area contributed by atoms with Gasteiger partial charge in [0.15, 0.2) is 0 Å². The van der Waals surface area contributed by atoms with Gasteiger partial charge in [0.1, 0.15) is 6.04 Å². The Hall–Kier alpha value is -1.83. The van der Waals surface area contributed by atoms with Crippen molar-refractivity contribution in [2.75, 3.05) is 38.2 Å². The number of nitrogens with one attached hydrogen (secondary N) is 1. The first kappa shape index (κ1) is 21.9. The number of hydrogen-bond donors (Lipinski definition) is 1. The van der Waals surface area contributed by atoms with E-state index in [2.05, 4.69) is 27.7 Å². The molecule has 1 aromatic carbocycles. The van der Waals surface area contributed by atoms with E-state index in [-0.39, 0.29) is 11.8 Å². The maximum atomic E-state index is 13.1. The molecule has 1 aliphatic heterocycles. The second-order valence-electron chi connectivity index (χ2n) is 7.36. The summed E-state index contributed by atoms with van der Waals surface area (Å²) >= 11 is 3.46. The number of thiophene rings is 1. The first-order valence-corrected chi connectivity index (χ1v) is 12.2. The molecule has 0 aliphatic carbocycles. The summed E-state index contributed by atoms with van der Waals surface area (Å²) in [5.41, 5.74) is 1.64. The lowest BCUT2D eigenvalue weighted by molar-refractivity contribution is -0.135. The minimum atomic E-state index is -0.473. The Kier molecular flexibility index (Phi) is 8.15. The highest BCUT2D eigenvalue weighted by Gasteiger charge is 2.28. The smallest absolute Gasteiger partial charge is 0.251 e. The molecule has 0 saturated carbocycles. The highest BCUT2D eigenvalue weighted by atomic mass is 32.2. The Morgan fingerprint density at radius 3 is 2.62 bits per heavy atom. The van der Waals surface area contributed by atoms with Gasteiger partial charge < -0.3 is 10.2 Å². The lowest BCUT2D eigenvalue weighted by Crippen LogP contribution is -2.54. The molecule has 2 amide bonds. The van der Waals surface area contributed by atoms with Crippen LogP contribution < -0.4 is 5.32 Å². The maximum absolute atomic E-state index is 13.1. The Morgan fingerprint density at radius 1 is 1.17 bits per heavy atom. The molecule has 1 aromatic heterocycles. The Morgan fingerprint density at radius 2 is 1.97 bits per heavy atom.